The number of allylic oxidation sites excluding steroid dienone is 3. The van der Waals surface area contributed by atoms with E-state index in [4.69, 9.17) is 0 Å². The maximum Gasteiger partial charge on any atom is 0.0457 e. The molecule has 1 aromatic carbocycles. The quantitative estimate of drug-likeness (QED) is 0.663. The average molecular weight is 374 g/mol. The Labute approximate surface area is 169 Å². The first-order valence-corrected chi connectivity index (χ1v) is 9.88. The molecule has 0 spiro atoms. The highest BCUT2D eigenvalue weighted by atomic mass is 14.9. The number of nitrogens with one attached hydrogen (secondary N) is 1. The van der Waals surface area contributed by atoms with E-state index in [0.717, 1.165) is 34.6 Å². The van der Waals surface area contributed by atoms with Crippen LogP contribution in [0.15, 0.2) is 54.2 Å². The number of hydrogen-bond donors (Lipinski definition) is 1. The van der Waals surface area contributed by atoms with Gasteiger partial charge >= 0.3 is 0 Å². The van der Waals surface area contributed by atoms with Gasteiger partial charge in [0, 0.05) is 48.5 Å². The number of benzene rings is 1. The second-order valence-electron chi connectivity index (χ2n) is 6.36. The number of aromatic nitrogens is 1. The van der Waals surface area contributed by atoms with Gasteiger partial charge in [0.25, 0.3) is 0 Å². The third kappa shape index (κ3) is 4.14. The molecular formula is C25H31N3. The van der Waals surface area contributed by atoms with Crippen LogP contribution in [0.3, 0.4) is 0 Å². The zero-order valence-electron chi connectivity index (χ0n) is 17.9. The molecule has 2 aromatic rings. The normalized spacial score (nSPS) is 13.9. The van der Waals surface area contributed by atoms with Gasteiger partial charge in [-0.15, -0.1) is 0 Å². The van der Waals surface area contributed by atoms with E-state index in [2.05, 4.69) is 72.1 Å². The van der Waals surface area contributed by atoms with Crippen molar-refractivity contribution in [1.82, 2.24) is 10.3 Å². The van der Waals surface area contributed by atoms with Crippen LogP contribution in [0.25, 0.3) is 16.8 Å². The maximum absolute atomic E-state index is 4.56. The van der Waals surface area contributed by atoms with Crippen LogP contribution in [0.4, 0.5) is 0 Å². The minimum absolute atomic E-state index is 0.834. The number of aliphatic imine (C=N–C) groups is 1. The second kappa shape index (κ2) is 9.84. The highest BCUT2D eigenvalue weighted by Crippen LogP contribution is 2.34. The van der Waals surface area contributed by atoms with Crippen molar-refractivity contribution in [2.45, 2.75) is 41.2 Å². The first-order valence-electron chi connectivity index (χ1n) is 9.88. The molecule has 28 heavy (non-hydrogen) atoms. The fraction of sp³-hybridized carbons (Fsp3) is 0.280. The summed E-state index contributed by atoms with van der Waals surface area (Å²) in [7, 11) is 1.80. The molecular weight excluding hydrogens is 342 g/mol. The molecule has 2 heterocycles. The third-order valence-corrected chi connectivity index (χ3v) is 4.82. The molecule has 0 saturated carbocycles. The Hall–Kier alpha value is -2.94. The maximum atomic E-state index is 4.56. The number of pyridine rings is 1. The summed E-state index contributed by atoms with van der Waals surface area (Å²) in [5.74, 6) is 0. The standard InChI is InChI=1S/C23H25N3.C2H6/c1-6-17(13-24-5)22-10-11-25-16(4)23(22)20(7-2)18-8-9-21-15(3)26-14-19(21)12-18;1-2/h6-13,26H,3,14H2,1-2,4-5H3;1-2H3/b17-6+,20-7-,24-13?;. The summed E-state index contributed by atoms with van der Waals surface area (Å²) in [5, 5.41) is 3.32. The van der Waals surface area contributed by atoms with Crippen molar-refractivity contribution in [3.63, 3.8) is 0 Å². The van der Waals surface area contributed by atoms with Crippen molar-refractivity contribution in [2.75, 3.05) is 7.05 Å². The van der Waals surface area contributed by atoms with Crippen LogP contribution in [0.1, 0.15) is 61.2 Å². The van der Waals surface area contributed by atoms with Crippen LogP contribution in [0.5, 0.6) is 0 Å². The van der Waals surface area contributed by atoms with Crippen LogP contribution < -0.4 is 5.32 Å². The van der Waals surface area contributed by atoms with Gasteiger partial charge in [0.1, 0.15) is 0 Å². The van der Waals surface area contributed by atoms with Gasteiger partial charge in [-0.1, -0.05) is 44.7 Å². The molecule has 0 unspecified atom stereocenters. The smallest absolute Gasteiger partial charge is 0.0457 e. The molecule has 1 aliphatic rings. The van der Waals surface area contributed by atoms with Gasteiger partial charge in [-0.05, 0) is 60.7 Å². The average Bonchev–Trinajstić information content (AvgIpc) is 3.10. The van der Waals surface area contributed by atoms with Crippen molar-refractivity contribution in [2.24, 2.45) is 4.99 Å². The van der Waals surface area contributed by atoms with Crippen molar-refractivity contribution in [3.8, 4) is 0 Å². The number of hydrogen-bond acceptors (Lipinski definition) is 3. The Morgan fingerprint density at radius 3 is 2.57 bits per heavy atom. The zero-order valence-corrected chi connectivity index (χ0v) is 17.9. The zero-order chi connectivity index (χ0) is 20.7. The van der Waals surface area contributed by atoms with E-state index < -0.39 is 0 Å². The second-order valence-corrected chi connectivity index (χ2v) is 6.36. The van der Waals surface area contributed by atoms with Gasteiger partial charge in [-0.3, -0.25) is 9.98 Å². The van der Waals surface area contributed by atoms with E-state index in [-0.39, 0.29) is 0 Å². The largest absolute Gasteiger partial charge is 0.381 e. The lowest BCUT2D eigenvalue weighted by Gasteiger charge is -2.17. The molecule has 0 radical (unpaired) electrons. The first kappa shape index (κ1) is 21.4. The molecule has 3 rings (SSSR count). The number of rotatable bonds is 4. The molecule has 0 aliphatic carbocycles. The number of nitrogens with zero attached hydrogens (tertiary/aromatic N) is 2. The van der Waals surface area contributed by atoms with Crippen molar-refractivity contribution in [1.29, 1.82) is 0 Å². The highest BCUT2D eigenvalue weighted by molar-refractivity contribution is 6.12. The summed E-state index contributed by atoms with van der Waals surface area (Å²) in [6.45, 7) is 15.1. The fourth-order valence-electron chi connectivity index (χ4n) is 3.54. The van der Waals surface area contributed by atoms with Gasteiger partial charge in [0.05, 0.1) is 0 Å². The molecule has 0 atom stereocenters. The molecule has 1 aromatic heterocycles. The van der Waals surface area contributed by atoms with Crippen LogP contribution in [-0.2, 0) is 6.54 Å². The van der Waals surface area contributed by atoms with Gasteiger partial charge in [0.15, 0.2) is 0 Å². The molecule has 0 saturated heterocycles. The van der Waals surface area contributed by atoms with E-state index >= 15 is 0 Å². The summed E-state index contributed by atoms with van der Waals surface area (Å²) in [6, 6.07) is 8.66. The fourth-order valence-corrected chi connectivity index (χ4v) is 3.54. The topological polar surface area (TPSA) is 37.3 Å². The molecule has 0 fully saturated rings. The van der Waals surface area contributed by atoms with Gasteiger partial charge in [0.2, 0.25) is 0 Å². The lowest BCUT2D eigenvalue weighted by Crippen LogP contribution is -2.02. The van der Waals surface area contributed by atoms with E-state index in [1.165, 1.54) is 22.3 Å². The summed E-state index contributed by atoms with van der Waals surface area (Å²) in [5.41, 5.74) is 10.3. The van der Waals surface area contributed by atoms with Crippen molar-refractivity contribution in [3.05, 3.63) is 82.7 Å². The first-order chi connectivity index (χ1) is 13.6. The Kier molecular flexibility index (Phi) is 7.51. The minimum Gasteiger partial charge on any atom is -0.381 e. The summed E-state index contributed by atoms with van der Waals surface area (Å²) in [4.78, 5) is 8.77. The molecule has 3 heteroatoms. The molecule has 3 nitrogen and oxygen atoms in total. The monoisotopic (exact) mass is 373 g/mol. The van der Waals surface area contributed by atoms with Gasteiger partial charge in [-0.2, -0.15) is 0 Å². The van der Waals surface area contributed by atoms with E-state index in [1.807, 2.05) is 33.2 Å². The predicted molar refractivity (Wildman–Crippen MR) is 123 cm³/mol. The SMILES string of the molecule is C=C1NCc2cc(/C(=C/C)c3c(/C(C=NC)=C/C)ccnc3C)ccc21.CC. The Morgan fingerprint density at radius 1 is 1.18 bits per heavy atom. The summed E-state index contributed by atoms with van der Waals surface area (Å²) >= 11 is 0. The molecule has 0 bridgehead atoms. The third-order valence-electron chi connectivity index (χ3n) is 4.82. The number of fused-ring (bicyclic) bond motifs is 1. The van der Waals surface area contributed by atoms with Crippen LogP contribution >= 0.6 is 0 Å². The summed E-state index contributed by atoms with van der Waals surface area (Å²) in [6.07, 6.45) is 8.03. The van der Waals surface area contributed by atoms with E-state index in [0.29, 0.717) is 0 Å². The van der Waals surface area contributed by atoms with Crippen LogP contribution in [0.2, 0.25) is 0 Å². The highest BCUT2D eigenvalue weighted by Gasteiger charge is 2.18. The van der Waals surface area contributed by atoms with E-state index in [1.54, 1.807) is 7.05 Å². The molecule has 146 valence electrons. The lowest BCUT2D eigenvalue weighted by molar-refractivity contribution is 0.945. The van der Waals surface area contributed by atoms with Crippen LogP contribution in [-0.4, -0.2) is 18.2 Å². The Balaban J connectivity index is 0.00000136. The lowest BCUT2D eigenvalue weighted by atomic mass is 9.88. The predicted octanol–water partition coefficient (Wildman–Crippen LogP) is 6.05. The summed E-state index contributed by atoms with van der Waals surface area (Å²) < 4.78 is 0. The molecule has 0 amide bonds. The Bertz CT molecular complexity index is 946. The van der Waals surface area contributed by atoms with Gasteiger partial charge < -0.3 is 5.32 Å². The van der Waals surface area contributed by atoms with Crippen molar-refractivity contribution < 1.29 is 0 Å². The minimum atomic E-state index is 0.834. The molecule has 1 N–H and O–H groups in total. The number of aryl methyl sites for hydroxylation is 1. The molecule has 1 aliphatic heterocycles. The van der Waals surface area contributed by atoms with Crippen molar-refractivity contribution >= 4 is 23.1 Å². The Morgan fingerprint density at radius 2 is 1.93 bits per heavy atom. The van der Waals surface area contributed by atoms with E-state index in [9.17, 15) is 0 Å². The van der Waals surface area contributed by atoms with Gasteiger partial charge in [-0.25, -0.2) is 0 Å². The van der Waals surface area contributed by atoms with Crippen LogP contribution in [0, 0.1) is 6.92 Å².